The van der Waals surface area contributed by atoms with Gasteiger partial charge in [-0.15, -0.1) is 0 Å². The Labute approximate surface area is 130 Å². The molecule has 10 heteroatoms. The number of hydrogen-bond donors (Lipinski definition) is 0. The summed E-state index contributed by atoms with van der Waals surface area (Å²) in [5.41, 5.74) is -3.95. The largest absolute Gasteiger partial charge is 0.416 e. The molecule has 0 spiro atoms. The molecule has 2 heterocycles. The minimum Gasteiger partial charge on any atom is -0.389 e. The van der Waals surface area contributed by atoms with Crippen LogP contribution in [0.25, 0.3) is 0 Å². The number of hydrogen-bond acceptors (Lipinski definition) is 5. The van der Waals surface area contributed by atoms with Gasteiger partial charge in [0, 0.05) is 25.2 Å². The molecule has 0 saturated heterocycles. The Morgan fingerprint density at radius 3 is 2.48 bits per heavy atom. The van der Waals surface area contributed by atoms with Crippen molar-refractivity contribution in [1.82, 2.24) is 4.57 Å². The van der Waals surface area contributed by atoms with Crippen LogP contribution in [0.15, 0.2) is 22.2 Å². The van der Waals surface area contributed by atoms with E-state index in [4.69, 9.17) is 4.84 Å². The number of aromatic nitrogens is 1. The summed E-state index contributed by atoms with van der Waals surface area (Å²) in [5.74, 6) is -1.08. The summed E-state index contributed by atoms with van der Waals surface area (Å²) in [7, 11) is -2.95. The van der Waals surface area contributed by atoms with Crippen molar-refractivity contribution in [3.63, 3.8) is 0 Å². The van der Waals surface area contributed by atoms with Crippen molar-refractivity contribution in [3.8, 4) is 0 Å². The third-order valence-electron chi connectivity index (χ3n) is 3.34. The summed E-state index contributed by atoms with van der Waals surface area (Å²) in [5, 5.41) is 3.08. The van der Waals surface area contributed by atoms with Crippen LogP contribution in [0.2, 0.25) is 0 Å². The highest BCUT2D eigenvalue weighted by Crippen LogP contribution is 2.32. The van der Waals surface area contributed by atoms with Crippen molar-refractivity contribution >= 4 is 14.9 Å². The molecule has 0 saturated carbocycles. The standard InChI is InChI=1S/C13H15F3N2O4S/c1-12(2)6-10(17-22-12)23(20,21)7-8-9(13(14,15)16)4-5-18(3)11(8)19/h4-5H,6-7H2,1-3H3. The van der Waals surface area contributed by atoms with Gasteiger partial charge in [-0.2, -0.15) is 13.2 Å². The van der Waals surface area contributed by atoms with Gasteiger partial charge in [0.25, 0.3) is 5.56 Å². The Morgan fingerprint density at radius 2 is 2.00 bits per heavy atom. The Kier molecular flexibility index (Phi) is 4.08. The van der Waals surface area contributed by atoms with Crippen molar-refractivity contribution in [2.24, 2.45) is 12.2 Å². The van der Waals surface area contributed by atoms with E-state index in [-0.39, 0.29) is 11.5 Å². The lowest BCUT2D eigenvalue weighted by molar-refractivity contribution is -0.138. The number of nitrogens with zero attached hydrogens (tertiary/aromatic N) is 2. The van der Waals surface area contributed by atoms with Crippen molar-refractivity contribution in [3.05, 3.63) is 33.7 Å². The van der Waals surface area contributed by atoms with Gasteiger partial charge in [0.2, 0.25) is 0 Å². The predicted octanol–water partition coefficient (Wildman–Crippen LogP) is 1.83. The number of sulfone groups is 1. The molecule has 0 unspecified atom stereocenters. The third-order valence-corrected chi connectivity index (χ3v) is 4.94. The summed E-state index contributed by atoms with van der Waals surface area (Å²) in [6, 6.07) is 0.684. The first-order valence-corrected chi connectivity index (χ1v) is 8.22. The van der Waals surface area contributed by atoms with E-state index in [1.54, 1.807) is 13.8 Å². The minimum atomic E-state index is -4.83. The Bertz CT molecular complexity index is 823. The van der Waals surface area contributed by atoms with Gasteiger partial charge in [0.1, 0.15) is 5.60 Å². The second kappa shape index (κ2) is 5.36. The van der Waals surface area contributed by atoms with Gasteiger partial charge >= 0.3 is 6.18 Å². The maximum atomic E-state index is 13.0. The van der Waals surface area contributed by atoms with E-state index in [2.05, 4.69) is 5.16 Å². The lowest BCUT2D eigenvalue weighted by Crippen LogP contribution is -2.30. The van der Waals surface area contributed by atoms with E-state index in [1.165, 1.54) is 7.05 Å². The second-order valence-electron chi connectivity index (χ2n) is 5.89. The average molecular weight is 352 g/mol. The molecule has 0 fully saturated rings. The lowest BCUT2D eigenvalue weighted by Gasteiger charge is -2.14. The Hall–Kier alpha value is -1.84. The summed E-state index contributed by atoms with van der Waals surface area (Å²) in [6.07, 6.45) is -3.95. The minimum absolute atomic E-state index is 0.0656. The van der Waals surface area contributed by atoms with E-state index < -0.39 is 44.1 Å². The molecule has 1 aliphatic heterocycles. The zero-order valence-electron chi connectivity index (χ0n) is 12.6. The summed E-state index contributed by atoms with van der Waals surface area (Å²) in [6.45, 7) is 3.20. The molecule has 0 aliphatic carbocycles. The first-order chi connectivity index (χ1) is 10.3. The quantitative estimate of drug-likeness (QED) is 0.814. The number of alkyl halides is 3. The highest BCUT2D eigenvalue weighted by Gasteiger charge is 2.40. The maximum Gasteiger partial charge on any atom is 0.416 e. The molecule has 0 atom stereocenters. The molecule has 1 aliphatic rings. The fourth-order valence-electron chi connectivity index (χ4n) is 2.13. The van der Waals surface area contributed by atoms with Gasteiger partial charge in [0.05, 0.1) is 11.3 Å². The Morgan fingerprint density at radius 1 is 1.39 bits per heavy atom. The van der Waals surface area contributed by atoms with Crippen molar-refractivity contribution in [1.29, 1.82) is 0 Å². The Balaban J connectivity index is 2.48. The second-order valence-corrected chi connectivity index (χ2v) is 7.88. The van der Waals surface area contributed by atoms with Gasteiger partial charge in [-0.25, -0.2) is 8.42 Å². The van der Waals surface area contributed by atoms with Gasteiger partial charge in [-0.1, -0.05) is 5.16 Å². The van der Waals surface area contributed by atoms with Gasteiger partial charge in [0.15, 0.2) is 14.9 Å². The smallest absolute Gasteiger partial charge is 0.389 e. The van der Waals surface area contributed by atoms with Crippen LogP contribution in [-0.4, -0.2) is 23.6 Å². The predicted molar refractivity (Wildman–Crippen MR) is 76.5 cm³/mol. The zero-order chi connectivity index (χ0) is 17.6. The summed E-state index contributed by atoms with van der Waals surface area (Å²) < 4.78 is 64.6. The zero-order valence-corrected chi connectivity index (χ0v) is 13.5. The van der Waals surface area contributed by atoms with Gasteiger partial charge in [-0.3, -0.25) is 4.79 Å². The van der Waals surface area contributed by atoms with Crippen LogP contribution in [0.1, 0.15) is 31.4 Å². The lowest BCUT2D eigenvalue weighted by atomic mass is 10.1. The first kappa shape index (κ1) is 17.5. The van der Waals surface area contributed by atoms with E-state index >= 15 is 0 Å². The van der Waals surface area contributed by atoms with Crippen LogP contribution in [-0.2, 0) is 33.7 Å². The van der Waals surface area contributed by atoms with Crippen LogP contribution >= 0.6 is 0 Å². The van der Waals surface area contributed by atoms with Crippen LogP contribution in [0.4, 0.5) is 13.2 Å². The van der Waals surface area contributed by atoms with Crippen molar-refractivity contribution in [2.75, 3.05) is 0 Å². The topological polar surface area (TPSA) is 77.7 Å². The van der Waals surface area contributed by atoms with Crippen molar-refractivity contribution in [2.45, 2.75) is 37.8 Å². The van der Waals surface area contributed by atoms with E-state index in [0.29, 0.717) is 6.07 Å². The number of pyridine rings is 1. The van der Waals surface area contributed by atoms with Crippen LogP contribution in [0.3, 0.4) is 0 Å². The van der Waals surface area contributed by atoms with Gasteiger partial charge < -0.3 is 9.40 Å². The van der Waals surface area contributed by atoms with E-state index in [1.807, 2.05) is 0 Å². The molecule has 0 aromatic carbocycles. The molecule has 23 heavy (non-hydrogen) atoms. The molecule has 128 valence electrons. The molecule has 1 aromatic heterocycles. The molecule has 0 amide bonds. The van der Waals surface area contributed by atoms with E-state index in [9.17, 15) is 26.4 Å². The molecule has 0 bridgehead atoms. The molecular formula is C13H15F3N2O4S. The maximum absolute atomic E-state index is 13.0. The SMILES string of the molecule is Cn1ccc(C(F)(F)F)c(CS(=O)(=O)C2=NOC(C)(C)C2)c1=O. The number of rotatable bonds is 2. The fraction of sp³-hybridized carbons (Fsp3) is 0.538. The van der Waals surface area contributed by atoms with E-state index in [0.717, 1.165) is 10.8 Å². The molecule has 0 radical (unpaired) electrons. The number of halogens is 3. The molecule has 2 rings (SSSR count). The normalized spacial score (nSPS) is 17.7. The molecule has 0 N–H and O–H groups in total. The van der Waals surface area contributed by atoms with Crippen LogP contribution < -0.4 is 5.56 Å². The fourth-order valence-corrected chi connectivity index (χ4v) is 3.68. The molecule has 1 aromatic rings. The van der Waals surface area contributed by atoms with Crippen LogP contribution in [0.5, 0.6) is 0 Å². The highest BCUT2D eigenvalue weighted by atomic mass is 32.2. The van der Waals surface area contributed by atoms with Crippen LogP contribution in [0, 0.1) is 0 Å². The summed E-state index contributed by atoms with van der Waals surface area (Å²) in [4.78, 5) is 16.9. The third kappa shape index (κ3) is 3.57. The number of aryl methyl sites for hydroxylation is 1. The van der Waals surface area contributed by atoms with Gasteiger partial charge in [-0.05, 0) is 19.9 Å². The number of oxime groups is 1. The monoisotopic (exact) mass is 352 g/mol. The average Bonchev–Trinajstić information content (AvgIpc) is 2.74. The highest BCUT2D eigenvalue weighted by molar-refractivity contribution is 8.05. The van der Waals surface area contributed by atoms with Crippen molar-refractivity contribution < 1.29 is 26.4 Å². The molecular weight excluding hydrogens is 337 g/mol. The summed E-state index contributed by atoms with van der Waals surface area (Å²) >= 11 is 0. The molecule has 6 nitrogen and oxygen atoms in total. The first-order valence-electron chi connectivity index (χ1n) is 6.57.